The number of alkyl halides is 1. The van der Waals surface area contributed by atoms with Crippen LogP contribution in [-0.2, 0) is 4.74 Å². The van der Waals surface area contributed by atoms with Crippen LogP contribution in [0, 0.1) is 0 Å². The van der Waals surface area contributed by atoms with E-state index in [2.05, 4.69) is 15.9 Å². The minimum atomic E-state index is 0.439. The lowest BCUT2D eigenvalue weighted by molar-refractivity contribution is -0.00599. The molecule has 0 radical (unpaired) electrons. The Kier molecular flexibility index (Phi) is 4.03. The van der Waals surface area contributed by atoms with Crippen LogP contribution in [0.4, 0.5) is 0 Å². The van der Waals surface area contributed by atoms with Gasteiger partial charge in [-0.25, -0.2) is 0 Å². The van der Waals surface area contributed by atoms with Crippen molar-refractivity contribution in [2.24, 2.45) is 0 Å². The molecule has 1 aromatic rings. The lowest BCUT2D eigenvalue weighted by Crippen LogP contribution is -2.32. The summed E-state index contributed by atoms with van der Waals surface area (Å²) in [6.07, 6.45) is 2.70. The predicted octanol–water partition coefficient (Wildman–Crippen LogP) is 3.01. The van der Waals surface area contributed by atoms with Gasteiger partial charge in [-0.3, -0.25) is 0 Å². The van der Waals surface area contributed by atoms with Gasteiger partial charge in [0.1, 0.15) is 12.4 Å². The van der Waals surface area contributed by atoms with Gasteiger partial charge in [0.25, 0.3) is 0 Å². The average Bonchev–Trinajstić information content (AvgIpc) is 2.23. The van der Waals surface area contributed by atoms with Crippen molar-refractivity contribution in [1.82, 2.24) is 0 Å². The second kappa shape index (κ2) is 5.52. The molecular weight excluding hydrogens is 256 g/mol. The van der Waals surface area contributed by atoms with E-state index in [0.29, 0.717) is 24.1 Å². The van der Waals surface area contributed by atoms with Crippen molar-refractivity contribution in [3.8, 4) is 5.75 Å². The molecule has 1 aliphatic rings. The molecule has 0 heterocycles. The van der Waals surface area contributed by atoms with E-state index in [1.54, 1.807) is 0 Å². The summed E-state index contributed by atoms with van der Waals surface area (Å²) in [4.78, 5) is 0.664. The lowest BCUT2D eigenvalue weighted by atomic mass is 9.96. The van der Waals surface area contributed by atoms with E-state index in [9.17, 15) is 0 Å². The summed E-state index contributed by atoms with van der Waals surface area (Å²) in [6.45, 7) is 1.31. The first kappa shape index (κ1) is 11.0. The Morgan fingerprint density at radius 3 is 2.53 bits per heavy atom. The first-order chi connectivity index (χ1) is 7.34. The number of rotatable bonds is 5. The highest BCUT2D eigenvalue weighted by molar-refractivity contribution is 9.09. The SMILES string of the molecule is BrC1CC(OCCOc2ccccc2)C1. The Labute approximate surface area is 98.7 Å². The first-order valence-corrected chi connectivity index (χ1v) is 6.19. The highest BCUT2D eigenvalue weighted by Gasteiger charge is 2.27. The Bertz CT molecular complexity index is 283. The molecule has 1 aliphatic carbocycles. The molecule has 0 aliphatic heterocycles. The first-order valence-electron chi connectivity index (χ1n) is 5.28. The zero-order chi connectivity index (χ0) is 10.5. The molecule has 3 heteroatoms. The van der Waals surface area contributed by atoms with Gasteiger partial charge in [-0.05, 0) is 25.0 Å². The van der Waals surface area contributed by atoms with Crippen LogP contribution in [0.1, 0.15) is 12.8 Å². The quantitative estimate of drug-likeness (QED) is 0.605. The van der Waals surface area contributed by atoms with Crippen molar-refractivity contribution >= 4 is 15.9 Å². The van der Waals surface area contributed by atoms with Crippen molar-refractivity contribution in [2.75, 3.05) is 13.2 Å². The molecule has 2 rings (SSSR count). The number of para-hydroxylation sites is 1. The Balaban J connectivity index is 1.56. The Morgan fingerprint density at radius 2 is 1.87 bits per heavy atom. The highest BCUT2D eigenvalue weighted by atomic mass is 79.9. The largest absolute Gasteiger partial charge is 0.491 e. The highest BCUT2D eigenvalue weighted by Crippen LogP contribution is 2.29. The van der Waals surface area contributed by atoms with Crippen LogP contribution >= 0.6 is 15.9 Å². The van der Waals surface area contributed by atoms with Crippen LogP contribution in [0.3, 0.4) is 0 Å². The molecule has 0 amide bonds. The fraction of sp³-hybridized carbons (Fsp3) is 0.500. The molecule has 0 N–H and O–H groups in total. The fourth-order valence-corrected chi connectivity index (χ4v) is 2.36. The van der Waals surface area contributed by atoms with E-state index in [1.165, 1.54) is 0 Å². The molecule has 2 nitrogen and oxygen atoms in total. The number of benzene rings is 1. The van der Waals surface area contributed by atoms with Crippen LogP contribution in [0.15, 0.2) is 30.3 Å². The van der Waals surface area contributed by atoms with Gasteiger partial charge < -0.3 is 9.47 Å². The maximum Gasteiger partial charge on any atom is 0.119 e. The summed E-state index contributed by atoms with van der Waals surface area (Å²) in [5.41, 5.74) is 0. The summed E-state index contributed by atoms with van der Waals surface area (Å²) >= 11 is 3.53. The van der Waals surface area contributed by atoms with E-state index in [0.717, 1.165) is 18.6 Å². The molecule has 0 bridgehead atoms. The maximum atomic E-state index is 5.62. The topological polar surface area (TPSA) is 18.5 Å². The summed E-state index contributed by atoms with van der Waals surface area (Å²) in [5, 5.41) is 0. The Hall–Kier alpha value is -0.540. The van der Waals surface area contributed by atoms with Gasteiger partial charge in [0.05, 0.1) is 12.7 Å². The number of hydrogen-bond acceptors (Lipinski definition) is 2. The van der Waals surface area contributed by atoms with Gasteiger partial charge in [0, 0.05) is 4.83 Å². The molecule has 1 aromatic carbocycles. The van der Waals surface area contributed by atoms with Gasteiger partial charge in [0.15, 0.2) is 0 Å². The molecule has 1 saturated carbocycles. The van der Waals surface area contributed by atoms with E-state index in [4.69, 9.17) is 9.47 Å². The van der Waals surface area contributed by atoms with Crippen molar-refractivity contribution in [3.63, 3.8) is 0 Å². The van der Waals surface area contributed by atoms with E-state index in [1.807, 2.05) is 30.3 Å². The third-order valence-electron chi connectivity index (χ3n) is 2.49. The molecule has 0 saturated heterocycles. The van der Waals surface area contributed by atoms with Crippen molar-refractivity contribution in [2.45, 2.75) is 23.8 Å². The average molecular weight is 271 g/mol. The third kappa shape index (κ3) is 3.50. The minimum Gasteiger partial charge on any atom is -0.491 e. The zero-order valence-electron chi connectivity index (χ0n) is 8.56. The molecule has 0 aromatic heterocycles. The summed E-state index contributed by atoms with van der Waals surface area (Å²) in [5.74, 6) is 0.910. The Morgan fingerprint density at radius 1 is 1.13 bits per heavy atom. The van der Waals surface area contributed by atoms with Crippen molar-refractivity contribution in [3.05, 3.63) is 30.3 Å². The summed E-state index contributed by atoms with van der Waals surface area (Å²) in [7, 11) is 0. The second-order valence-corrected chi connectivity index (χ2v) is 5.02. The summed E-state index contributed by atoms with van der Waals surface area (Å²) in [6, 6.07) is 9.83. The number of hydrogen-bond donors (Lipinski definition) is 0. The van der Waals surface area contributed by atoms with Gasteiger partial charge in [-0.15, -0.1) is 0 Å². The minimum absolute atomic E-state index is 0.439. The normalized spacial score (nSPS) is 24.6. The van der Waals surface area contributed by atoms with Crippen LogP contribution in [-0.4, -0.2) is 24.1 Å². The molecule has 0 unspecified atom stereocenters. The molecule has 0 atom stereocenters. The van der Waals surface area contributed by atoms with Gasteiger partial charge >= 0.3 is 0 Å². The summed E-state index contributed by atoms with van der Waals surface area (Å²) < 4.78 is 11.1. The number of ether oxygens (including phenoxy) is 2. The number of halogens is 1. The predicted molar refractivity (Wildman–Crippen MR) is 63.6 cm³/mol. The third-order valence-corrected chi connectivity index (χ3v) is 3.23. The van der Waals surface area contributed by atoms with Crippen LogP contribution in [0.2, 0.25) is 0 Å². The van der Waals surface area contributed by atoms with Gasteiger partial charge in [-0.2, -0.15) is 0 Å². The maximum absolute atomic E-state index is 5.62. The van der Waals surface area contributed by atoms with Crippen LogP contribution in [0.5, 0.6) is 5.75 Å². The van der Waals surface area contributed by atoms with E-state index < -0.39 is 0 Å². The van der Waals surface area contributed by atoms with Crippen molar-refractivity contribution < 1.29 is 9.47 Å². The molecule has 1 fully saturated rings. The second-order valence-electron chi connectivity index (χ2n) is 3.72. The standard InChI is InChI=1S/C12H15BrO2/c13-10-8-12(9-10)15-7-6-14-11-4-2-1-3-5-11/h1-5,10,12H,6-9H2. The zero-order valence-corrected chi connectivity index (χ0v) is 10.2. The lowest BCUT2D eigenvalue weighted by Gasteiger charge is -2.30. The van der Waals surface area contributed by atoms with Crippen molar-refractivity contribution in [1.29, 1.82) is 0 Å². The van der Waals surface area contributed by atoms with Crippen LogP contribution < -0.4 is 4.74 Å². The fourth-order valence-electron chi connectivity index (χ4n) is 1.53. The molecule has 0 spiro atoms. The molecule has 15 heavy (non-hydrogen) atoms. The monoisotopic (exact) mass is 270 g/mol. The smallest absolute Gasteiger partial charge is 0.119 e. The van der Waals surface area contributed by atoms with E-state index in [-0.39, 0.29) is 0 Å². The van der Waals surface area contributed by atoms with Gasteiger partial charge in [0.2, 0.25) is 0 Å². The van der Waals surface area contributed by atoms with Gasteiger partial charge in [-0.1, -0.05) is 34.1 Å². The molecule has 82 valence electrons. The molecular formula is C12H15BrO2. The van der Waals surface area contributed by atoms with Crippen LogP contribution in [0.25, 0.3) is 0 Å². The van der Waals surface area contributed by atoms with E-state index >= 15 is 0 Å².